The van der Waals surface area contributed by atoms with Crippen molar-refractivity contribution in [1.82, 2.24) is 0 Å². The van der Waals surface area contributed by atoms with Crippen molar-refractivity contribution in [3.8, 4) is 0 Å². The van der Waals surface area contributed by atoms with Crippen LogP contribution in [0.15, 0.2) is 36.4 Å². The molecular formula is C17H16N2O4. The number of hydrogen-bond donors (Lipinski definition) is 3. The van der Waals surface area contributed by atoms with Gasteiger partial charge in [0.25, 0.3) is 0 Å². The first-order chi connectivity index (χ1) is 11.0. The second-order valence-electron chi connectivity index (χ2n) is 5.50. The molecule has 2 aromatic carbocycles. The van der Waals surface area contributed by atoms with E-state index in [0.717, 1.165) is 23.2 Å². The van der Waals surface area contributed by atoms with Crippen LogP contribution in [-0.2, 0) is 13.0 Å². The SMILES string of the molecule is Nc1cccc2c1CCN(c1ccc(C(=O)O)cc1C(=O)O)C2. The molecule has 0 saturated carbocycles. The summed E-state index contributed by atoms with van der Waals surface area (Å²) < 4.78 is 0. The van der Waals surface area contributed by atoms with Gasteiger partial charge in [-0.05, 0) is 41.8 Å². The Morgan fingerprint density at radius 3 is 2.57 bits per heavy atom. The first kappa shape index (κ1) is 14.9. The highest BCUT2D eigenvalue weighted by atomic mass is 16.4. The molecule has 0 aromatic heterocycles. The van der Waals surface area contributed by atoms with E-state index in [-0.39, 0.29) is 11.1 Å². The number of nitrogens with zero attached hydrogens (tertiary/aromatic N) is 1. The Labute approximate surface area is 132 Å². The van der Waals surface area contributed by atoms with E-state index in [9.17, 15) is 14.7 Å². The molecule has 6 heteroatoms. The molecule has 6 nitrogen and oxygen atoms in total. The molecule has 0 unspecified atom stereocenters. The maximum absolute atomic E-state index is 11.5. The summed E-state index contributed by atoms with van der Waals surface area (Å²) in [6.07, 6.45) is 0.724. The number of nitrogens with two attached hydrogens (primary N) is 1. The lowest BCUT2D eigenvalue weighted by Crippen LogP contribution is -2.32. The van der Waals surface area contributed by atoms with E-state index in [2.05, 4.69) is 0 Å². The second-order valence-corrected chi connectivity index (χ2v) is 5.50. The smallest absolute Gasteiger partial charge is 0.337 e. The fourth-order valence-electron chi connectivity index (χ4n) is 2.96. The average Bonchev–Trinajstić information content (AvgIpc) is 2.54. The minimum Gasteiger partial charge on any atom is -0.478 e. The van der Waals surface area contributed by atoms with Gasteiger partial charge in [0.15, 0.2) is 0 Å². The number of aromatic carboxylic acids is 2. The molecule has 1 aliphatic rings. The third-order valence-electron chi connectivity index (χ3n) is 4.12. The third kappa shape index (κ3) is 2.70. The van der Waals surface area contributed by atoms with Gasteiger partial charge in [-0.25, -0.2) is 9.59 Å². The zero-order valence-electron chi connectivity index (χ0n) is 12.3. The Hall–Kier alpha value is -3.02. The van der Waals surface area contributed by atoms with Crippen molar-refractivity contribution < 1.29 is 19.8 Å². The molecule has 0 fully saturated rings. The lowest BCUT2D eigenvalue weighted by molar-refractivity contribution is 0.0696. The Morgan fingerprint density at radius 1 is 1.09 bits per heavy atom. The molecule has 1 aliphatic heterocycles. The van der Waals surface area contributed by atoms with Crippen LogP contribution in [0.1, 0.15) is 31.8 Å². The first-order valence-electron chi connectivity index (χ1n) is 7.19. The molecule has 0 atom stereocenters. The minimum atomic E-state index is -1.14. The molecule has 0 radical (unpaired) electrons. The van der Waals surface area contributed by atoms with Crippen LogP contribution in [0, 0.1) is 0 Å². The van der Waals surface area contributed by atoms with E-state index in [4.69, 9.17) is 10.8 Å². The average molecular weight is 312 g/mol. The van der Waals surface area contributed by atoms with Gasteiger partial charge >= 0.3 is 11.9 Å². The van der Waals surface area contributed by atoms with E-state index in [1.807, 2.05) is 23.1 Å². The van der Waals surface area contributed by atoms with E-state index in [1.54, 1.807) is 6.07 Å². The van der Waals surface area contributed by atoms with Crippen molar-refractivity contribution in [2.75, 3.05) is 17.2 Å². The van der Waals surface area contributed by atoms with Crippen molar-refractivity contribution in [2.24, 2.45) is 0 Å². The van der Waals surface area contributed by atoms with Crippen LogP contribution in [0.25, 0.3) is 0 Å². The fourth-order valence-corrected chi connectivity index (χ4v) is 2.96. The second kappa shape index (κ2) is 5.64. The van der Waals surface area contributed by atoms with Crippen LogP contribution in [0.2, 0.25) is 0 Å². The Morgan fingerprint density at radius 2 is 1.87 bits per heavy atom. The standard InChI is InChI=1S/C17H16N2O4/c18-14-3-1-2-11-9-19(7-6-12(11)14)15-5-4-10(16(20)21)8-13(15)17(22)23/h1-5,8H,6-7,9,18H2,(H,20,21)(H,22,23). The van der Waals surface area contributed by atoms with Gasteiger partial charge < -0.3 is 20.8 Å². The number of nitrogen functional groups attached to an aromatic ring is 1. The van der Waals surface area contributed by atoms with Crippen LogP contribution in [0.3, 0.4) is 0 Å². The van der Waals surface area contributed by atoms with Gasteiger partial charge in [-0.2, -0.15) is 0 Å². The van der Waals surface area contributed by atoms with Crippen LogP contribution in [0.4, 0.5) is 11.4 Å². The molecule has 1 heterocycles. The zero-order chi connectivity index (χ0) is 16.6. The number of rotatable bonds is 3. The van der Waals surface area contributed by atoms with Gasteiger partial charge in [0.2, 0.25) is 0 Å². The van der Waals surface area contributed by atoms with Gasteiger partial charge in [-0.15, -0.1) is 0 Å². The summed E-state index contributed by atoms with van der Waals surface area (Å²) in [6, 6.07) is 9.91. The lowest BCUT2D eigenvalue weighted by Gasteiger charge is -2.32. The van der Waals surface area contributed by atoms with E-state index >= 15 is 0 Å². The number of benzene rings is 2. The summed E-state index contributed by atoms with van der Waals surface area (Å²) in [5, 5.41) is 18.4. The van der Waals surface area contributed by atoms with Crippen LogP contribution in [0.5, 0.6) is 0 Å². The molecule has 2 aromatic rings. The number of hydrogen-bond acceptors (Lipinski definition) is 4. The Bertz CT molecular complexity index is 801. The molecule has 0 spiro atoms. The van der Waals surface area contributed by atoms with E-state index < -0.39 is 11.9 Å². The maximum Gasteiger partial charge on any atom is 0.337 e. The predicted molar refractivity (Wildman–Crippen MR) is 86.0 cm³/mol. The molecule has 0 amide bonds. The number of carboxylic acids is 2. The highest BCUT2D eigenvalue weighted by Gasteiger charge is 2.23. The Balaban J connectivity index is 2.00. The highest BCUT2D eigenvalue weighted by molar-refractivity contribution is 5.98. The molecule has 0 bridgehead atoms. The molecule has 118 valence electrons. The third-order valence-corrected chi connectivity index (χ3v) is 4.12. The van der Waals surface area contributed by atoms with Crippen LogP contribution >= 0.6 is 0 Å². The van der Waals surface area contributed by atoms with Gasteiger partial charge in [0, 0.05) is 18.8 Å². The van der Waals surface area contributed by atoms with Crippen molar-refractivity contribution in [2.45, 2.75) is 13.0 Å². The summed E-state index contributed by atoms with van der Waals surface area (Å²) in [6.45, 7) is 1.18. The largest absolute Gasteiger partial charge is 0.478 e. The summed E-state index contributed by atoms with van der Waals surface area (Å²) in [5.41, 5.74) is 9.38. The Kier molecular flexibility index (Phi) is 3.65. The van der Waals surface area contributed by atoms with Crippen LogP contribution in [-0.4, -0.2) is 28.7 Å². The number of fused-ring (bicyclic) bond motifs is 1. The summed E-state index contributed by atoms with van der Waals surface area (Å²) in [7, 11) is 0. The van der Waals surface area contributed by atoms with Crippen molar-refractivity contribution in [1.29, 1.82) is 0 Å². The molecular weight excluding hydrogens is 296 g/mol. The van der Waals surface area contributed by atoms with Crippen molar-refractivity contribution >= 4 is 23.3 Å². The van der Waals surface area contributed by atoms with Crippen molar-refractivity contribution in [3.05, 3.63) is 58.7 Å². The molecule has 23 heavy (non-hydrogen) atoms. The van der Waals surface area contributed by atoms with E-state index in [0.29, 0.717) is 18.8 Å². The van der Waals surface area contributed by atoms with Gasteiger partial charge in [-0.1, -0.05) is 12.1 Å². The maximum atomic E-state index is 11.5. The normalized spacial score (nSPS) is 13.5. The zero-order valence-corrected chi connectivity index (χ0v) is 12.3. The van der Waals surface area contributed by atoms with E-state index in [1.165, 1.54) is 12.1 Å². The van der Waals surface area contributed by atoms with Crippen molar-refractivity contribution in [3.63, 3.8) is 0 Å². The fraction of sp³-hybridized carbons (Fsp3) is 0.176. The van der Waals surface area contributed by atoms with Gasteiger partial charge in [0.1, 0.15) is 0 Å². The van der Waals surface area contributed by atoms with Gasteiger partial charge in [0.05, 0.1) is 16.8 Å². The minimum absolute atomic E-state index is 0.00254. The first-order valence-corrected chi connectivity index (χ1v) is 7.19. The summed E-state index contributed by atoms with van der Waals surface area (Å²) in [4.78, 5) is 24.5. The lowest BCUT2D eigenvalue weighted by atomic mass is 9.96. The molecule has 3 rings (SSSR count). The highest BCUT2D eigenvalue weighted by Crippen LogP contribution is 2.30. The predicted octanol–water partition coefficient (Wildman–Crippen LogP) is 2.23. The topological polar surface area (TPSA) is 104 Å². The summed E-state index contributed by atoms with van der Waals surface area (Å²) in [5.74, 6) is -2.28. The molecule has 0 saturated heterocycles. The van der Waals surface area contributed by atoms with Gasteiger partial charge in [-0.3, -0.25) is 0 Å². The van der Waals surface area contributed by atoms with Crippen LogP contribution < -0.4 is 10.6 Å². The molecule has 4 N–H and O–H groups in total. The quantitative estimate of drug-likeness (QED) is 0.751. The number of carboxylic acid groups (broad SMARTS) is 2. The monoisotopic (exact) mass is 312 g/mol. The summed E-state index contributed by atoms with van der Waals surface area (Å²) >= 11 is 0. The number of carbonyl (C=O) groups is 2. The molecule has 0 aliphatic carbocycles. The number of anilines is 2.